The van der Waals surface area contributed by atoms with Crippen LogP contribution in [0.15, 0.2) is 4.99 Å². The smallest absolute Gasteiger partial charge is 0.404 e. The number of H-pyrrole nitrogens is 1. The summed E-state index contributed by atoms with van der Waals surface area (Å²) in [5.74, 6) is -0.219. The van der Waals surface area contributed by atoms with Crippen molar-refractivity contribution in [2.24, 2.45) is 33.9 Å². The Morgan fingerprint density at radius 1 is 1.29 bits per heavy atom. The molecule has 2 heterocycles. The highest BCUT2D eigenvalue weighted by Crippen LogP contribution is 2.65. The molecule has 16 nitrogen and oxygen atoms in total. The van der Waals surface area contributed by atoms with Crippen LogP contribution in [0.4, 0.5) is 0 Å². The first-order valence-corrected chi connectivity index (χ1v) is 14.2. The average Bonchev–Trinajstić information content (AvgIpc) is 3.51. The fourth-order valence-corrected chi connectivity index (χ4v) is 6.64. The van der Waals surface area contributed by atoms with Gasteiger partial charge in [-0.15, -0.1) is 10.2 Å². The Morgan fingerprint density at radius 2 is 2.05 bits per heavy atom. The van der Waals surface area contributed by atoms with Gasteiger partial charge in [-0.2, -0.15) is 5.21 Å². The normalized spacial score (nSPS) is 27.9. The minimum atomic E-state index is -0.921. The van der Waals surface area contributed by atoms with E-state index in [1.165, 1.54) is 0 Å². The lowest BCUT2D eigenvalue weighted by Crippen LogP contribution is -2.65. The predicted molar refractivity (Wildman–Crippen MR) is 147 cm³/mol. The summed E-state index contributed by atoms with van der Waals surface area (Å²) in [6.45, 7) is 11.0. The number of nitrogens with one attached hydrogen (secondary N) is 4. The molecular weight excluding hydrogens is 535 g/mol. The van der Waals surface area contributed by atoms with E-state index in [-0.39, 0.29) is 48.6 Å². The van der Waals surface area contributed by atoms with Gasteiger partial charge in [-0.3, -0.25) is 9.59 Å². The molecule has 4 fully saturated rings. The molecular formula is C24H41BN10O6. The summed E-state index contributed by atoms with van der Waals surface area (Å²) in [4.78, 5) is 40.8. The van der Waals surface area contributed by atoms with Gasteiger partial charge in [-0.25, -0.2) is 15.1 Å². The quantitative estimate of drug-likeness (QED) is 0.0520. The van der Waals surface area contributed by atoms with Crippen LogP contribution in [-0.2, 0) is 25.3 Å². The van der Waals surface area contributed by atoms with Gasteiger partial charge in [0.05, 0.1) is 24.1 Å². The van der Waals surface area contributed by atoms with Crippen molar-refractivity contribution in [3.05, 3.63) is 15.9 Å². The van der Waals surface area contributed by atoms with Gasteiger partial charge >= 0.3 is 7.12 Å². The van der Waals surface area contributed by atoms with E-state index >= 15 is 0 Å². The van der Waals surface area contributed by atoms with Crippen LogP contribution in [-0.4, -0.2) is 80.8 Å². The van der Waals surface area contributed by atoms with E-state index in [2.05, 4.69) is 70.9 Å². The van der Waals surface area contributed by atoms with Crippen molar-refractivity contribution in [2.45, 2.75) is 96.8 Å². The second kappa shape index (κ2) is 12.3. The van der Waals surface area contributed by atoms with Crippen molar-refractivity contribution in [1.29, 1.82) is 0 Å². The van der Waals surface area contributed by atoms with Crippen molar-refractivity contribution in [2.75, 3.05) is 6.54 Å². The number of aliphatic imine (C=N–C) groups is 1. The SMILES string of the molecule is CC(C)C[C@H](NC(=O)[C@H](CCCN=C(N)N[N+](=O)[O-])NC(=O)Cc1nn[nH]n1)B1O[C@@H]2C[C@H]3C[C@H](C3(C)C)[C@]2(C)O1. The van der Waals surface area contributed by atoms with E-state index in [4.69, 9.17) is 15.0 Å². The van der Waals surface area contributed by atoms with Crippen molar-refractivity contribution in [1.82, 2.24) is 36.7 Å². The van der Waals surface area contributed by atoms with E-state index in [1.54, 1.807) is 5.43 Å². The number of nitrogens with zero attached hydrogens (tertiary/aromatic N) is 5. The van der Waals surface area contributed by atoms with Crippen LogP contribution in [0.1, 0.15) is 72.5 Å². The number of carbonyl (C=O) groups excluding carboxylic acids is 2. The van der Waals surface area contributed by atoms with Crippen molar-refractivity contribution < 1.29 is 23.9 Å². The molecule has 1 aliphatic heterocycles. The van der Waals surface area contributed by atoms with Gasteiger partial charge in [0.25, 0.3) is 5.96 Å². The summed E-state index contributed by atoms with van der Waals surface area (Å²) in [6.07, 6.45) is 3.01. The standard InChI is InChI=1S/C24H41BN10O6/c1-13(2)9-18(25-40-17-11-14-10-16(23(14,3)4)24(17,5)41-25)29-21(37)15(7-6-8-27-22(26)32-35(38)39)28-20(36)12-19-30-33-34-31-19/h13-18H,6-12H2,1-5H3,(H,28,36)(H,29,37)(H3,26,27,32)(H,30,31,33,34)/t14-,15+,16-,17-,18+,24+/m1/s1. The lowest BCUT2D eigenvalue weighted by Gasteiger charge is -2.64. The molecule has 1 aromatic rings. The second-order valence-electron chi connectivity index (χ2n) is 12.5. The maximum Gasteiger partial charge on any atom is 0.481 e. The topological polar surface area (TPSA) is 225 Å². The first-order chi connectivity index (χ1) is 19.3. The number of amides is 2. The van der Waals surface area contributed by atoms with Crippen LogP contribution in [0.25, 0.3) is 0 Å². The van der Waals surface area contributed by atoms with Crippen molar-refractivity contribution in [3.63, 3.8) is 0 Å². The Balaban J connectivity index is 1.43. The number of carbonyl (C=O) groups is 2. The molecule has 226 valence electrons. The molecule has 41 heavy (non-hydrogen) atoms. The van der Waals surface area contributed by atoms with E-state index in [0.717, 1.165) is 12.8 Å². The predicted octanol–water partition coefficient (Wildman–Crippen LogP) is -0.0984. The number of aromatic amines is 1. The zero-order valence-corrected chi connectivity index (χ0v) is 24.3. The van der Waals surface area contributed by atoms with E-state index in [0.29, 0.717) is 24.7 Å². The second-order valence-corrected chi connectivity index (χ2v) is 12.5. The van der Waals surface area contributed by atoms with Crippen LogP contribution >= 0.6 is 0 Å². The van der Waals surface area contributed by atoms with Gasteiger partial charge in [-0.05, 0) is 62.2 Å². The molecule has 0 radical (unpaired) electrons. The largest absolute Gasteiger partial charge is 0.481 e. The number of tetrazole rings is 1. The van der Waals surface area contributed by atoms with Gasteiger partial charge in [0, 0.05) is 6.54 Å². The minimum Gasteiger partial charge on any atom is -0.404 e. The van der Waals surface area contributed by atoms with Crippen LogP contribution < -0.4 is 21.8 Å². The van der Waals surface area contributed by atoms with Crippen LogP contribution in [0.5, 0.6) is 0 Å². The van der Waals surface area contributed by atoms with Gasteiger partial charge < -0.3 is 25.7 Å². The molecule has 3 saturated carbocycles. The van der Waals surface area contributed by atoms with Gasteiger partial charge in [0.15, 0.2) is 10.9 Å². The summed E-state index contributed by atoms with van der Waals surface area (Å²) in [7, 11) is -0.611. The maximum absolute atomic E-state index is 13.6. The van der Waals surface area contributed by atoms with Crippen LogP contribution in [0.3, 0.4) is 0 Å². The zero-order valence-electron chi connectivity index (χ0n) is 24.3. The number of hydrogen-bond acceptors (Lipinski definition) is 10. The molecule has 1 aromatic heterocycles. The third kappa shape index (κ3) is 6.94. The highest BCUT2D eigenvalue weighted by Gasteiger charge is 2.68. The Bertz CT molecular complexity index is 1130. The maximum atomic E-state index is 13.6. The van der Waals surface area contributed by atoms with Crippen molar-refractivity contribution in [3.8, 4) is 0 Å². The Kier molecular flexibility index (Phi) is 9.16. The van der Waals surface area contributed by atoms with E-state index in [1.807, 2.05) is 0 Å². The molecule has 1 saturated heterocycles. The fourth-order valence-electron chi connectivity index (χ4n) is 6.64. The summed E-state index contributed by atoms with van der Waals surface area (Å²) in [5, 5.41) is 28.9. The first kappa shape index (κ1) is 30.6. The highest BCUT2D eigenvalue weighted by atomic mass is 16.7. The molecule has 0 spiro atoms. The monoisotopic (exact) mass is 576 g/mol. The molecule has 4 aliphatic rings. The lowest BCUT2D eigenvalue weighted by molar-refractivity contribution is -0.525. The third-order valence-corrected chi connectivity index (χ3v) is 8.85. The summed E-state index contributed by atoms with van der Waals surface area (Å²) in [6, 6.07) is -0.921. The number of aromatic nitrogens is 4. The molecule has 0 unspecified atom stereocenters. The average molecular weight is 576 g/mol. The molecule has 2 bridgehead atoms. The number of hydrogen-bond donors (Lipinski definition) is 5. The Morgan fingerprint density at radius 3 is 2.68 bits per heavy atom. The van der Waals surface area contributed by atoms with Crippen LogP contribution in [0.2, 0.25) is 0 Å². The highest BCUT2D eigenvalue weighted by molar-refractivity contribution is 6.48. The number of guanidine groups is 1. The summed E-state index contributed by atoms with van der Waals surface area (Å²) in [5.41, 5.74) is 7.02. The number of nitro groups is 1. The number of rotatable bonds is 13. The van der Waals surface area contributed by atoms with Gasteiger partial charge in [0.2, 0.25) is 11.8 Å². The Hall–Kier alpha value is -3.34. The lowest BCUT2D eigenvalue weighted by atomic mass is 9.43. The molecule has 0 aromatic carbocycles. The number of hydrazine groups is 1. The Labute approximate surface area is 239 Å². The molecule has 6 N–H and O–H groups in total. The molecule has 2 amide bonds. The molecule has 6 atom stereocenters. The van der Waals surface area contributed by atoms with Gasteiger partial charge in [-0.1, -0.05) is 38.3 Å². The summed E-state index contributed by atoms with van der Waals surface area (Å²) >= 11 is 0. The third-order valence-electron chi connectivity index (χ3n) is 8.85. The first-order valence-electron chi connectivity index (χ1n) is 14.2. The van der Waals surface area contributed by atoms with Crippen LogP contribution in [0, 0.1) is 33.3 Å². The molecule has 17 heteroatoms. The van der Waals surface area contributed by atoms with E-state index < -0.39 is 41.5 Å². The van der Waals surface area contributed by atoms with Crippen molar-refractivity contribution >= 4 is 24.9 Å². The zero-order chi connectivity index (χ0) is 29.9. The molecule has 5 rings (SSSR count). The minimum absolute atomic E-state index is 0.0302. The molecule has 3 aliphatic carbocycles. The summed E-state index contributed by atoms with van der Waals surface area (Å²) < 4.78 is 13.1. The fraction of sp³-hybridized carbons (Fsp3) is 0.833. The number of nitrogens with two attached hydrogens (primary N) is 1. The van der Waals surface area contributed by atoms with Gasteiger partial charge in [0.1, 0.15) is 6.04 Å². The van der Waals surface area contributed by atoms with E-state index in [9.17, 15) is 19.7 Å².